The van der Waals surface area contributed by atoms with E-state index in [1.54, 1.807) is 7.11 Å². The third kappa shape index (κ3) is 5.30. The van der Waals surface area contributed by atoms with Gasteiger partial charge in [-0.3, -0.25) is 0 Å². The smallest absolute Gasteiger partial charge is 0.496 e. The minimum Gasteiger partial charge on any atom is -0.496 e. The molecule has 0 aliphatic heterocycles. The van der Waals surface area contributed by atoms with Gasteiger partial charge in [0, 0.05) is 25.3 Å². The molecule has 0 saturated heterocycles. The van der Waals surface area contributed by atoms with Gasteiger partial charge in [-0.05, 0) is 23.8 Å². The predicted octanol–water partition coefficient (Wildman–Crippen LogP) is 0.705. The van der Waals surface area contributed by atoms with Gasteiger partial charge in [0.25, 0.3) is 0 Å². The van der Waals surface area contributed by atoms with Gasteiger partial charge >= 0.3 is 58.2 Å². The van der Waals surface area contributed by atoms with Crippen LogP contribution in [0.3, 0.4) is 0 Å². The van der Waals surface area contributed by atoms with E-state index in [-0.39, 0.29) is 65.6 Å². The van der Waals surface area contributed by atoms with Crippen molar-refractivity contribution >= 4 is 5.69 Å². The third-order valence-electron chi connectivity index (χ3n) is 2.64. The number of rotatable bonds is 4. The topological polar surface area (TPSA) is 24.5 Å². The number of nitrogens with one attached hydrogen (secondary N) is 1. The summed E-state index contributed by atoms with van der Waals surface area (Å²) in [6.07, 6.45) is 0. The van der Waals surface area contributed by atoms with Gasteiger partial charge in [-0.1, -0.05) is 30.3 Å². The summed E-state index contributed by atoms with van der Waals surface area (Å²) >= 11 is 0. The van der Waals surface area contributed by atoms with Crippen LogP contribution in [-0.4, -0.2) is 26.2 Å². The van der Waals surface area contributed by atoms with Crippen molar-refractivity contribution in [1.82, 2.24) is 5.01 Å². The Morgan fingerprint density at radius 2 is 1.65 bits per heavy atom. The fourth-order valence-corrected chi connectivity index (χ4v) is 1.88. The van der Waals surface area contributed by atoms with Crippen LogP contribution in [0.5, 0.6) is 5.75 Å². The number of hydrogen-bond donors (Lipinski definition) is 1. The average Bonchev–Trinajstić information content (AvgIpc) is 2.39. The van der Waals surface area contributed by atoms with Gasteiger partial charge in [-0.2, -0.15) is 0 Å². The van der Waals surface area contributed by atoms with E-state index in [4.69, 9.17) is 4.74 Å². The number of benzene rings is 2. The van der Waals surface area contributed by atoms with Crippen LogP contribution in [0.2, 0.25) is 0 Å². The van der Waals surface area contributed by atoms with Gasteiger partial charge in [-0.25, -0.2) is 5.01 Å². The first-order valence-corrected chi connectivity index (χ1v) is 5.88. The van der Waals surface area contributed by atoms with Crippen LogP contribution in [-0.2, 0) is 0 Å². The van der Waals surface area contributed by atoms with E-state index < -0.39 is 0 Å². The summed E-state index contributed by atoms with van der Waals surface area (Å²) in [4.78, 5) is 0. The largest absolute Gasteiger partial charge is 1.00 e. The Morgan fingerprint density at radius 3 is 2.20 bits per heavy atom. The van der Waals surface area contributed by atoms with Crippen molar-refractivity contribution < 1.29 is 62.9 Å². The first-order valence-electron chi connectivity index (χ1n) is 5.88. The molecule has 3 nitrogen and oxygen atoms in total. The molecular weight excluding hydrogens is 322 g/mol. The average molecular weight is 343 g/mol. The fourth-order valence-electron chi connectivity index (χ4n) is 1.88. The molecule has 2 aromatic rings. The van der Waals surface area contributed by atoms with Crippen molar-refractivity contribution in [1.29, 1.82) is 0 Å². The van der Waals surface area contributed by atoms with Gasteiger partial charge in [0.15, 0.2) is 0 Å². The Balaban J connectivity index is 0.00000180. The molecule has 0 amide bonds. The molecule has 0 saturated carbocycles. The second kappa shape index (κ2) is 9.69. The van der Waals surface area contributed by atoms with Crippen molar-refractivity contribution in [3.8, 4) is 16.9 Å². The van der Waals surface area contributed by atoms with E-state index in [9.17, 15) is 0 Å². The van der Waals surface area contributed by atoms with Crippen molar-refractivity contribution in [3.63, 3.8) is 0 Å². The monoisotopic (exact) mass is 342 g/mol. The number of anilines is 1. The molecule has 0 radical (unpaired) electrons. The van der Waals surface area contributed by atoms with Crippen LogP contribution < -0.4 is 68.4 Å². The van der Waals surface area contributed by atoms with Crippen molar-refractivity contribution in [2.45, 2.75) is 0 Å². The Kier molecular flexibility index (Phi) is 9.59. The minimum atomic E-state index is 0. The second-order valence-electron chi connectivity index (χ2n) is 4.29. The molecule has 20 heavy (non-hydrogen) atoms. The number of methoxy groups -OCH3 is 1. The van der Waals surface area contributed by atoms with Crippen LogP contribution in [0.1, 0.15) is 0 Å². The Morgan fingerprint density at radius 1 is 1.00 bits per heavy atom. The van der Waals surface area contributed by atoms with Crippen LogP contribution in [0.25, 0.3) is 11.1 Å². The molecule has 0 bridgehead atoms. The Hall–Kier alpha value is -0.195. The zero-order valence-electron chi connectivity index (χ0n) is 13.0. The molecule has 0 spiro atoms. The fraction of sp³-hybridized carbons (Fsp3) is 0.188. The van der Waals surface area contributed by atoms with Gasteiger partial charge in [0.05, 0.1) is 7.11 Å². The molecule has 0 aliphatic rings. The van der Waals surface area contributed by atoms with E-state index in [0.717, 1.165) is 22.6 Å². The van der Waals surface area contributed by atoms with E-state index in [1.165, 1.54) is 0 Å². The molecule has 0 aromatic heterocycles. The van der Waals surface area contributed by atoms with Crippen molar-refractivity contribution in [2.24, 2.45) is 0 Å². The molecule has 0 atom stereocenters. The molecule has 0 heterocycles. The number of hydrogen-bond acceptors (Lipinski definition) is 3. The summed E-state index contributed by atoms with van der Waals surface area (Å²) in [6, 6.07) is 16.3. The van der Waals surface area contributed by atoms with Gasteiger partial charge in [0.1, 0.15) is 5.75 Å². The van der Waals surface area contributed by atoms with Gasteiger partial charge in [-0.15, -0.1) is 0 Å². The van der Waals surface area contributed by atoms with Crippen LogP contribution in [0.15, 0.2) is 48.5 Å². The molecule has 4 heteroatoms. The SMILES string of the molecule is COc1ccc(NN(C)C)cc1-c1ccccc1.[CH3-].[Rb+]. The third-order valence-corrected chi connectivity index (χ3v) is 2.64. The summed E-state index contributed by atoms with van der Waals surface area (Å²) in [7, 11) is 5.62. The summed E-state index contributed by atoms with van der Waals surface area (Å²) in [5.41, 5.74) is 6.52. The minimum absolute atomic E-state index is 0. The quantitative estimate of drug-likeness (QED) is 0.654. The maximum Gasteiger partial charge on any atom is 1.00 e. The van der Waals surface area contributed by atoms with Crippen molar-refractivity contribution in [2.75, 3.05) is 26.6 Å². The van der Waals surface area contributed by atoms with E-state index in [1.807, 2.05) is 49.4 Å². The Bertz CT molecular complexity index is 515. The molecule has 1 N–H and O–H groups in total. The maximum absolute atomic E-state index is 5.42. The summed E-state index contributed by atoms with van der Waals surface area (Å²) in [5.74, 6) is 0.880. The second-order valence-corrected chi connectivity index (χ2v) is 4.29. The van der Waals surface area contributed by atoms with Crippen LogP contribution >= 0.6 is 0 Å². The molecule has 2 rings (SSSR count). The number of ether oxygens (including phenoxy) is 1. The summed E-state index contributed by atoms with van der Waals surface area (Å²) < 4.78 is 5.42. The molecule has 2 aromatic carbocycles. The molecule has 0 fully saturated rings. The predicted molar refractivity (Wildman–Crippen MR) is 82.2 cm³/mol. The van der Waals surface area contributed by atoms with Crippen LogP contribution in [0.4, 0.5) is 5.69 Å². The first-order chi connectivity index (χ1) is 8.70. The van der Waals surface area contributed by atoms with E-state index >= 15 is 0 Å². The van der Waals surface area contributed by atoms with Gasteiger partial charge in [0.2, 0.25) is 0 Å². The molecular formula is C16H21N2ORb. The molecule has 102 valence electrons. The normalized spacial score (nSPS) is 9.40. The molecule has 0 unspecified atom stereocenters. The van der Waals surface area contributed by atoms with Gasteiger partial charge < -0.3 is 17.6 Å². The zero-order chi connectivity index (χ0) is 13.0. The van der Waals surface area contributed by atoms with E-state index in [0.29, 0.717) is 0 Å². The van der Waals surface area contributed by atoms with Crippen LogP contribution in [0, 0.1) is 7.43 Å². The molecule has 0 aliphatic carbocycles. The summed E-state index contributed by atoms with van der Waals surface area (Å²) in [6.45, 7) is 0. The number of nitrogens with zero attached hydrogens (tertiary/aromatic N) is 1. The maximum atomic E-state index is 5.42. The van der Waals surface area contributed by atoms with E-state index in [2.05, 4.69) is 23.6 Å². The Labute approximate surface area is 171 Å². The first kappa shape index (κ1) is 19.8. The standard InChI is InChI=1S/C15H18N2O.CH3.Rb/c1-17(2)16-13-9-10-15(18-3)14(11-13)12-7-5-4-6-8-12;;/h4-11,16H,1-3H3;1H3;/q;-1;+1. The zero-order valence-corrected chi connectivity index (χ0v) is 17.9. The summed E-state index contributed by atoms with van der Waals surface area (Å²) in [5, 5.41) is 1.91. The van der Waals surface area contributed by atoms with Crippen molar-refractivity contribution in [3.05, 3.63) is 56.0 Å². The number of hydrazine groups is 1.